The molecule has 4 heteroatoms. The van der Waals surface area contributed by atoms with Crippen LogP contribution in [-0.2, 0) is 9.53 Å². The van der Waals surface area contributed by atoms with Gasteiger partial charge in [0, 0.05) is 6.54 Å². The van der Waals surface area contributed by atoms with Crippen molar-refractivity contribution in [1.82, 2.24) is 10.2 Å². The van der Waals surface area contributed by atoms with Crippen molar-refractivity contribution in [1.29, 1.82) is 0 Å². The van der Waals surface area contributed by atoms with Crippen molar-refractivity contribution >= 4 is 5.91 Å². The highest BCUT2D eigenvalue weighted by atomic mass is 16.5. The maximum atomic E-state index is 12.7. The SMILES string of the molecule is CCCC1NC2(CCCC2)C(=O)N1CCOC(C)C. The summed E-state index contributed by atoms with van der Waals surface area (Å²) in [4.78, 5) is 14.7. The van der Waals surface area contributed by atoms with Gasteiger partial charge in [-0.25, -0.2) is 0 Å². The van der Waals surface area contributed by atoms with E-state index in [0.29, 0.717) is 12.5 Å². The van der Waals surface area contributed by atoms with E-state index < -0.39 is 0 Å². The first-order valence-corrected chi connectivity index (χ1v) is 7.79. The zero-order valence-electron chi connectivity index (χ0n) is 12.6. The maximum Gasteiger partial charge on any atom is 0.244 e. The fourth-order valence-electron chi connectivity index (χ4n) is 3.36. The molecule has 0 aromatic heterocycles. The molecule has 1 atom stereocenters. The molecular formula is C15H28N2O2. The smallest absolute Gasteiger partial charge is 0.244 e. The normalized spacial score (nSPS) is 26.0. The van der Waals surface area contributed by atoms with E-state index in [4.69, 9.17) is 4.74 Å². The number of ether oxygens (including phenoxy) is 1. The summed E-state index contributed by atoms with van der Waals surface area (Å²) < 4.78 is 5.61. The number of amides is 1. The average Bonchev–Trinajstić information content (AvgIpc) is 2.91. The van der Waals surface area contributed by atoms with Crippen LogP contribution in [0, 0.1) is 0 Å². The fourth-order valence-corrected chi connectivity index (χ4v) is 3.36. The molecule has 1 saturated heterocycles. The van der Waals surface area contributed by atoms with Gasteiger partial charge < -0.3 is 9.64 Å². The molecule has 110 valence electrons. The Labute approximate surface area is 116 Å². The summed E-state index contributed by atoms with van der Waals surface area (Å²) in [5, 5.41) is 3.63. The maximum absolute atomic E-state index is 12.7. The number of rotatable bonds is 6. The van der Waals surface area contributed by atoms with Crippen LogP contribution in [0.15, 0.2) is 0 Å². The molecule has 1 spiro atoms. The molecule has 2 rings (SSSR count). The lowest BCUT2D eigenvalue weighted by Crippen LogP contribution is -2.44. The van der Waals surface area contributed by atoms with Crippen molar-refractivity contribution in [3.63, 3.8) is 0 Å². The lowest BCUT2D eigenvalue weighted by atomic mass is 9.98. The number of carbonyl (C=O) groups excluding carboxylic acids is 1. The Morgan fingerprint density at radius 2 is 2.11 bits per heavy atom. The summed E-state index contributed by atoms with van der Waals surface area (Å²) in [6.45, 7) is 7.60. The Bertz CT molecular complexity index is 311. The molecule has 0 aromatic rings. The Morgan fingerprint density at radius 1 is 1.42 bits per heavy atom. The molecule has 1 heterocycles. The van der Waals surface area contributed by atoms with Crippen molar-refractivity contribution in [2.24, 2.45) is 0 Å². The third-order valence-electron chi connectivity index (χ3n) is 4.29. The molecule has 2 aliphatic rings. The molecule has 0 bridgehead atoms. The van der Waals surface area contributed by atoms with Gasteiger partial charge in [-0.2, -0.15) is 0 Å². The largest absolute Gasteiger partial charge is 0.377 e. The molecule has 2 fully saturated rings. The van der Waals surface area contributed by atoms with Crippen LogP contribution in [-0.4, -0.2) is 41.8 Å². The van der Waals surface area contributed by atoms with Crippen LogP contribution in [0.2, 0.25) is 0 Å². The van der Waals surface area contributed by atoms with Crippen LogP contribution in [0.4, 0.5) is 0 Å². The van der Waals surface area contributed by atoms with Gasteiger partial charge in [-0.1, -0.05) is 26.2 Å². The summed E-state index contributed by atoms with van der Waals surface area (Å²) in [7, 11) is 0. The molecule has 0 aromatic carbocycles. The van der Waals surface area contributed by atoms with Crippen molar-refractivity contribution in [2.75, 3.05) is 13.2 Å². The zero-order valence-corrected chi connectivity index (χ0v) is 12.6. The molecule has 1 saturated carbocycles. The van der Waals surface area contributed by atoms with Gasteiger partial charge in [0.05, 0.1) is 24.4 Å². The molecular weight excluding hydrogens is 240 g/mol. The minimum atomic E-state index is -0.238. The predicted octanol–water partition coefficient (Wildman–Crippen LogP) is 2.28. The molecule has 1 aliphatic heterocycles. The van der Waals surface area contributed by atoms with Crippen molar-refractivity contribution in [3.8, 4) is 0 Å². The van der Waals surface area contributed by atoms with E-state index >= 15 is 0 Å². The summed E-state index contributed by atoms with van der Waals surface area (Å²) in [5.74, 6) is 0.316. The van der Waals surface area contributed by atoms with E-state index in [9.17, 15) is 4.79 Å². The number of hydrogen-bond donors (Lipinski definition) is 1. The second-order valence-corrected chi connectivity index (χ2v) is 6.16. The molecule has 1 amide bonds. The monoisotopic (exact) mass is 268 g/mol. The van der Waals surface area contributed by atoms with E-state index in [1.807, 2.05) is 18.7 Å². The topological polar surface area (TPSA) is 41.6 Å². The molecule has 1 N–H and O–H groups in total. The highest BCUT2D eigenvalue weighted by Gasteiger charge is 2.51. The molecule has 0 radical (unpaired) electrons. The van der Waals surface area contributed by atoms with Crippen LogP contribution >= 0.6 is 0 Å². The van der Waals surface area contributed by atoms with Crippen LogP contribution < -0.4 is 5.32 Å². The van der Waals surface area contributed by atoms with Gasteiger partial charge >= 0.3 is 0 Å². The third-order valence-corrected chi connectivity index (χ3v) is 4.29. The summed E-state index contributed by atoms with van der Waals surface area (Å²) in [6.07, 6.45) is 6.95. The number of nitrogens with zero attached hydrogens (tertiary/aromatic N) is 1. The summed E-state index contributed by atoms with van der Waals surface area (Å²) >= 11 is 0. The standard InChI is InChI=1S/C15H28N2O2/c1-4-7-13-16-15(8-5-6-9-15)14(18)17(13)10-11-19-12(2)3/h12-13,16H,4-11H2,1-3H3. The van der Waals surface area contributed by atoms with E-state index in [1.54, 1.807) is 0 Å². The second kappa shape index (κ2) is 6.23. The lowest BCUT2D eigenvalue weighted by Gasteiger charge is -2.24. The molecule has 4 nitrogen and oxygen atoms in total. The number of nitrogens with one attached hydrogen (secondary N) is 1. The minimum absolute atomic E-state index is 0.214. The van der Waals surface area contributed by atoms with E-state index in [2.05, 4.69) is 12.2 Å². The summed E-state index contributed by atoms with van der Waals surface area (Å²) in [6, 6.07) is 0. The number of carbonyl (C=O) groups is 1. The zero-order chi connectivity index (χ0) is 13.9. The molecule has 19 heavy (non-hydrogen) atoms. The lowest BCUT2D eigenvalue weighted by molar-refractivity contribution is -0.134. The first-order valence-electron chi connectivity index (χ1n) is 7.79. The van der Waals surface area contributed by atoms with Crippen molar-refractivity contribution in [3.05, 3.63) is 0 Å². The predicted molar refractivity (Wildman–Crippen MR) is 75.8 cm³/mol. The number of hydrogen-bond acceptors (Lipinski definition) is 3. The van der Waals surface area contributed by atoms with Gasteiger partial charge in [0.15, 0.2) is 0 Å². The molecule has 1 unspecified atom stereocenters. The van der Waals surface area contributed by atoms with Gasteiger partial charge in [0.1, 0.15) is 0 Å². The highest BCUT2D eigenvalue weighted by molar-refractivity contribution is 5.89. The highest BCUT2D eigenvalue weighted by Crippen LogP contribution is 2.37. The van der Waals surface area contributed by atoms with Crippen LogP contribution in [0.1, 0.15) is 59.3 Å². The second-order valence-electron chi connectivity index (χ2n) is 6.16. The Hall–Kier alpha value is -0.610. The fraction of sp³-hybridized carbons (Fsp3) is 0.933. The van der Waals surface area contributed by atoms with Gasteiger partial charge in [0.2, 0.25) is 5.91 Å². The Kier molecular flexibility index (Phi) is 4.85. The quantitative estimate of drug-likeness (QED) is 0.803. The van der Waals surface area contributed by atoms with E-state index in [1.165, 1.54) is 12.8 Å². The van der Waals surface area contributed by atoms with Crippen molar-refractivity contribution in [2.45, 2.75) is 77.1 Å². The van der Waals surface area contributed by atoms with E-state index in [-0.39, 0.29) is 17.8 Å². The van der Waals surface area contributed by atoms with Crippen LogP contribution in [0.25, 0.3) is 0 Å². The minimum Gasteiger partial charge on any atom is -0.377 e. The van der Waals surface area contributed by atoms with Gasteiger partial charge in [-0.05, 0) is 33.1 Å². The third kappa shape index (κ3) is 3.11. The average molecular weight is 268 g/mol. The van der Waals surface area contributed by atoms with Crippen LogP contribution in [0.3, 0.4) is 0 Å². The summed E-state index contributed by atoms with van der Waals surface area (Å²) in [5.41, 5.74) is -0.238. The molecule has 1 aliphatic carbocycles. The van der Waals surface area contributed by atoms with Crippen LogP contribution in [0.5, 0.6) is 0 Å². The van der Waals surface area contributed by atoms with Gasteiger partial charge in [-0.3, -0.25) is 10.1 Å². The van der Waals surface area contributed by atoms with Gasteiger partial charge in [0.25, 0.3) is 0 Å². The first kappa shape index (κ1) is 14.8. The Balaban J connectivity index is 1.99. The Morgan fingerprint density at radius 3 is 2.68 bits per heavy atom. The van der Waals surface area contributed by atoms with Crippen molar-refractivity contribution < 1.29 is 9.53 Å². The van der Waals surface area contributed by atoms with E-state index in [0.717, 1.165) is 32.2 Å². The first-order chi connectivity index (χ1) is 9.09. The van der Waals surface area contributed by atoms with Gasteiger partial charge in [-0.15, -0.1) is 0 Å².